The van der Waals surface area contributed by atoms with Gasteiger partial charge in [-0.2, -0.15) is 0 Å². The molecule has 0 fully saturated rings. The van der Waals surface area contributed by atoms with Gasteiger partial charge in [0.15, 0.2) is 0 Å². The van der Waals surface area contributed by atoms with E-state index in [1.165, 1.54) is 0 Å². The highest BCUT2D eigenvalue weighted by atomic mass is 13.6. The van der Waals surface area contributed by atoms with Crippen molar-refractivity contribution >= 4 is 0 Å². The van der Waals surface area contributed by atoms with E-state index in [1.54, 1.807) is 12.2 Å². The number of allylic oxidation sites excluding steroid dienone is 5. The molecule has 0 saturated heterocycles. The van der Waals surface area contributed by atoms with Crippen LogP contribution in [0.15, 0.2) is 37.0 Å². The molecule has 0 atom stereocenters. The molecule has 0 amide bonds. The molecule has 0 aromatic carbocycles. The fourth-order valence-electron chi connectivity index (χ4n) is 0.221. The minimum Gasteiger partial charge on any atom is -0.0991 e. The molecule has 37 valence electrons. The lowest BCUT2D eigenvalue weighted by atomic mass is 10.4. The van der Waals surface area contributed by atoms with Crippen LogP contribution in [0.4, 0.5) is 0 Å². The zero-order valence-electron chi connectivity index (χ0n) is 4.30. The van der Waals surface area contributed by atoms with Gasteiger partial charge in [-0.1, -0.05) is 37.0 Å². The van der Waals surface area contributed by atoms with Gasteiger partial charge in [-0.25, -0.2) is 0 Å². The molecule has 0 aromatic heterocycles. The van der Waals surface area contributed by atoms with Crippen LogP contribution in [0.25, 0.3) is 0 Å². The summed E-state index contributed by atoms with van der Waals surface area (Å²) in [6.45, 7) is 6.98. The first-order valence-corrected chi connectivity index (χ1v) is 2.15. The smallest absolute Gasteiger partial charge is 0.0313 e. The summed E-state index contributed by atoms with van der Waals surface area (Å²) in [5.41, 5.74) is 0. The Hall–Kier alpha value is -0.780. The molecule has 0 N–H and O–H groups in total. The van der Waals surface area contributed by atoms with E-state index in [-0.39, 0.29) is 0 Å². The standard InChI is InChI=1S/C7H9/c1-3-5-7-6-4-2/h3-7H,1-2H2/b5-3-,7-6-. The van der Waals surface area contributed by atoms with Crippen molar-refractivity contribution in [2.75, 3.05) is 0 Å². The lowest BCUT2D eigenvalue weighted by molar-refractivity contribution is 1.91. The van der Waals surface area contributed by atoms with Gasteiger partial charge in [0.1, 0.15) is 0 Å². The van der Waals surface area contributed by atoms with Crippen LogP contribution in [0.1, 0.15) is 0 Å². The molecule has 0 spiro atoms. The minimum absolute atomic E-state index is 1.72. The van der Waals surface area contributed by atoms with Crippen LogP contribution in [0, 0.1) is 6.92 Å². The summed E-state index contributed by atoms with van der Waals surface area (Å²) in [4.78, 5) is 0. The number of hydrogen-bond donors (Lipinski definition) is 0. The molecule has 0 heteroatoms. The first-order chi connectivity index (χ1) is 3.41. The second kappa shape index (κ2) is 5.22. The predicted molar refractivity (Wildman–Crippen MR) is 33.8 cm³/mol. The van der Waals surface area contributed by atoms with E-state index in [4.69, 9.17) is 0 Å². The number of hydrogen-bond acceptors (Lipinski definition) is 0. The SMILES string of the molecule is [CH2]/C=C\C=C/C=C. The first-order valence-electron chi connectivity index (χ1n) is 2.15. The average molecular weight is 93.1 g/mol. The third-order valence-corrected chi connectivity index (χ3v) is 0.494. The largest absolute Gasteiger partial charge is 0.0991 e. The highest BCUT2D eigenvalue weighted by Crippen LogP contribution is 1.74. The normalized spacial score (nSPS) is 11.0. The van der Waals surface area contributed by atoms with E-state index >= 15 is 0 Å². The molecule has 0 rings (SSSR count). The third-order valence-electron chi connectivity index (χ3n) is 0.494. The minimum atomic E-state index is 1.72. The second-order valence-corrected chi connectivity index (χ2v) is 1.05. The van der Waals surface area contributed by atoms with E-state index in [0.29, 0.717) is 0 Å². The molecule has 0 aliphatic rings. The van der Waals surface area contributed by atoms with E-state index in [9.17, 15) is 0 Å². The van der Waals surface area contributed by atoms with Gasteiger partial charge in [0.2, 0.25) is 0 Å². The summed E-state index contributed by atoms with van der Waals surface area (Å²) in [7, 11) is 0. The van der Waals surface area contributed by atoms with Crippen LogP contribution in [0.3, 0.4) is 0 Å². The number of rotatable bonds is 2. The molecule has 0 aliphatic heterocycles. The van der Waals surface area contributed by atoms with Gasteiger partial charge >= 0.3 is 0 Å². The topological polar surface area (TPSA) is 0 Å². The zero-order chi connectivity index (χ0) is 5.54. The lowest BCUT2D eigenvalue weighted by Crippen LogP contribution is -1.43. The van der Waals surface area contributed by atoms with Crippen LogP contribution in [0.2, 0.25) is 0 Å². The van der Waals surface area contributed by atoms with Gasteiger partial charge in [0.25, 0.3) is 0 Å². The fourth-order valence-corrected chi connectivity index (χ4v) is 0.221. The predicted octanol–water partition coefficient (Wildman–Crippen LogP) is 2.12. The van der Waals surface area contributed by atoms with Crippen LogP contribution in [-0.4, -0.2) is 0 Å². The fraction of sp³-hybridized carbons (Fsp3) is 0. The highest BCUT2D eigenvalue weighted by molar-refractivity contribution is 5.09. The van der Waals surface area contributed by atoms with Crippen molar-refractivity contribution in [3.05, 3.63) is 43.9 Å². The van der Waals surface area contributed by atoms with E-state index in [1.807, 2.05) is 18.2 Å². The van der Waals surface area contributed by atoms with Crippen molar-refractivity contribution in [3.8, 4) is 0 Å². The summed E-state index contributed by atoms with van der Waals surface area (Å²) in [6.07, 6.45) is 9.02. The summed E-state index contributed by atoms with van der Waals surface area (Å²) in [5.74, 6) is 0. The Labute approximate surface area is 44.9 Å². The molecule has 1 radical (unpaired) electrons. The Kier molecular flexibility index (Phi) is 4.64. The molecule has 0 heterocycles. The molecule has 0 nitrogen and oxygen atoms in total. The quantitative estimate of drug-likeness (QED) is 0.459. The van der Waals surface area contributed by atoms with Gasteiger partial charge in [0.05, 0.1) is 0 Å². The maximum atomic E-state index is 3.49. The first kappa shape index (κ1) is 6.22. The Morgan fingerprint density at radius 3 is 2.14 bits per heavy atom. The van der Waals surface area contributed by atoms with Crippen molar-refractivity contribution in [1.82, 2.24) is 0 Å². The van der Waals surface area contributed by atoms with Crippen molar-refractivity contribution in [3.63, 3.8) is 0 Å². The zero-order valence-corrected chi connectivity index (χ0v) is 4.30. The van der Waals surface area contributed by atoms with Gasteiger partial charge in [-0.05, 0) is 6.92 Å². The maximum Gasteiger partial charge on any atom is -0.0313 e. The molecule has 0 bridgehead atoms. The van der Waals surface area contributed by atoms with Crippen molar-refractivity contribution in [2.45, 2.75) is 0 Å². The summed E-state index contributed by atoms with van der Waals surface area (Å²) in [6, 6.07) is 0. The monoisotopic (exact) mass is 93.1 g/mol. The molecule has 7 heavy (non-hydrogen) atoms. The van der Waals surface area contributed by atoms with Crippen molar-refractivity contribution in [2.24, 2.45) is 0 Å². The molecule has 0 saturated carbocycles. The van der Waals surface area contributed by atoms with Crippen LogP contribution < -0.4 is 0 Å². The molecule has 0 aromatic rings. The summed E-state index contributed by atoms with van der Waals surface area (Å²) in [5, 5.41) is 0. The van der Waals surface area contributed by atoms with Gasteiger partial charge in [-0.3, -0.25) is 0 Å². The molecular weight excluding hydrogens is 84.1 g/mol. The summed E-state index contributed by atoms with van der Waals surface area (Å²) >= 11 is 0. The van der Waals surface area contributed by atoms with E-state index in [2.05, 4.69) is 13.5 Å². The third kappa shape index (κ3) is 5.22. The Morgan fingerprint density at radius 2 is 1.71 bits per heavy atom. The lowest BCUT2D eigenvalue weighted by Gasteiger charge is -1.65. The van der Waals surface area contributed by atoms with Crippen LogP contribution in [-0.2, 0) is 0 Å². The van der Waals surface area contributed by atoms with Crippen LogP contribution >= 0.6 is 0 Å². The highest BCUT2D eigenvalue weighted by Gasteiger charge is 1.52. The van der Waals surface area contributed by atoms with Crippen LogP contribution in [0.5, 0.6) is 0 Å². The average Bonchev–Trinajstić information content (AvgIpc) is 1.69. The van der Waals surface area contributed by atoms with Crippen molar-refractivity contribution < 1.29 is 0 Å². The Balaban J connectivity index is 3.27. The maximum absolute atomic E-state index is 3.49. The second-order valence-electron chi connectivity index (χ2n) is 1.05. The Bertz CT molecular complexity index is 86.2. The van der Waals surface area contributed by atoms with Gasteiger partial charge in [0, 0.05) is 0 Å². The van der Waals surface area contributed by atoms with Crippen molar-refractivity contribution in [1.29, 1.82) is 0 Å². The van der Waals surface area contributed by atoms with Gasteiger partial charge < -0.3 is 0 Å². The van der Waals surface area contributed by atoms with E-state index in [0.717, 1.165) is 0 Å². The van der Waals surface area contributed by atoms with E-state index < -0.39 is 0 Å². The van der Waals surface area contributed by atoms with Gasteiger partial charge in [-0.15, -0.1) is 0 Å². The molecule has 0 unspecified atom stereocenters. The molecular formula is C7H9. The summed E-state index contributed by atoms with van der Waals surface area (Å²) < 4.78 is 0. The molecule has 0 aliphatic carbocycles. The Morgan fingerprint density at radius 1 is 1.00 bits per heavy atom.